The van der Waals surface area contributed by atoms with Crippen LogP contribution in [0.25, 0.3) is 0 Å². The van der Waals surface area contributed by atoms with Crippen molar-refractivity contribution in [3.05, 3.63) is 35.9 Å². The van der Waals surface area contributed by atoms with Gasteiger partial charge in [0.25, 0.3) is 0 Å². The number of nitrogens with two attached hydrogens (primary N) is 1. The molecule has 0 bridgehead atoms. The number of carbonyl (C=O) groups is 1. The molecule has 0 spiro atoms. The van der Waals surface area contributed by atoms with E-state index in [-0.39, 0.29) is 0 Å². The summed E-state index contributed by atoms with van der Waals surface area (Å²) in [6.45, 7) is 0. The van der Waals surface area contributed by atoms with Crippen molar-refractivity contribution >= 4 is 5.97 Å². The van der Waals surface area contributed by atoms with Crippen molar-refractivity contribution in [1.29, 1.82) is 0 Å². The molecule has 1 unspecified atom stereocenters. The second-order valence-corrected chi connectivity index (χ2v) is 2.87. The third kappa shape index (κ3) is 3.16. The maximum absolute atomic E-state index is 11.1. The molecular formula is C10H13NO3. The first-order valence-corrected chi connectivity index (χ1v) is 4.28. The molecule has 76 valence electrons. The summed E-state index contributed by atoms with van der Waals surface area (Å²) in [6, 6.07) is 8.81. The third-order valence-electron chi connectivity index (χ3n) is 1.77. The number of rotatable bonds is 4. The maximum atomic E-state index is 11.1. The molecule has 0 aromatic heterocycles. The molecule has 0 heterocycles. The van der Waals surface area contributed by atoms with Crippen LogP contribution in [0.5, 0.6) is 0 Å². The fourth-order valence-corrected chi connectivity index (χ4v) is 1.10. The van der Waals surface area contributed by atoms with Crippen LogP contribution in [0.1, 0.15) is 5.56 Å². The van der Waals surface area contributed by atoms with E-state index in [2.05, 4.69) is 9.78 Å². The largest absolute Gasteiger partial charge is 0.359 e. The molecule has 0 amide bonds. The molecule has 1 atom stereocenters. The van der Waals surface area contributed by atoms with Gasteiger partial charge in [0.2, 0.25) is 0 Å². The predicted octanol–water partition coefficient (Wildman–Crippen LogP) is 0.661. The first-order valence-electron chi connectivity index (χ1n) is 4.28. The molecule has 1 aromatic carbocycles. The first-order chi connectivity index (χ1) is 6.74. The van der Waals surface area contributed by atoms with Gasteiger partial charge in [-0.3, -0.25) is 4.89 Å². The molecule has 0 saturated heterocycles. The smallest absolute Gasteiger partial charge is 0.318 e. The quantitative estimate of drug-likeness (QED) is 0.566. The van der Waals surface area contributed by atoms with Crippen LogP contribution < -0.4 is 5.73 Å². The van der Waals surface area contributed by atoms with Gasteiger partial charge in [0.05, 0.1) is 7.11 Å². The zero-order chi connectivity index (χ0) is 10.4. The van der Waals surface area contributed by atoms with Crippen LogP contribution in [0, 0.1) is 0 Å². The highest BCUT2D eigenvalue weighted by molar-refractivity contribution is 5.75. The minimum atomic E-state index is -0.683. The van der Waals surface area contributed by atoms with E-state index in [9.17, 15) is 4.79 Å². The van der Waals surface area contributed by atoms with Crippen molar-refractivity contribution < 1.29 is 14.6 Å². The van der Waals surface area contributed by atoms with Crippen LogP contribution in [0.2, 0.25) is 0 Å². The Hall–Kier alpha value is -1.39. The van der Waals surface area contributed by atoms with Crippen molar-refractivity contribution in [1.82, 2.24) is 0 Å². The van der Waals surface area contributed by atoms with Gasteiger partial charge in [-0.15, -0.1) is 0 Å². The Balaban J connectivity index is 2.49. The zero-order valence-corrected chi connectivity index (χ0v) is 7.97. The Morgan fingerprint density at radius 3 is 2.64 bits per heavy atom. The topological polar surface area (TPSA) is 61.5 Å². The van der Waals surface area contributed by atoms with Gasteiger partial charge in [-0.25, -0.2) is 4.79 Å². The molecule has 0 radical (unpaired) electrons. The van der Waals surface area contributed by atoms with E-state index in [0.29, 0.717) is 6.42 Å². The zero-order valence-electron chi connectivity index (χ0n) is 7.97. The minimum absolute atomic E-state index is 0.447. The lowest BCUT2D eigenvalue weighted by Gasteiger charge is -2.08. The molecule has 1 aromatic rings. The standard InChI is InChI=1S/C10H13NO3/c1-13-14-10(12)9(11)7-8-5-3-2-4-6-8/h2-6,9H,7,11H2,1H3. The van der Waals surface area contributed by atoms with Crippen molar-refractivity contribution in [2.45, 2.75) is 12.5 Å². The molecule has 0 aliphatic rings. The fraction of sp³-hybridized carbons (Fsp3) is 0.300. The van der Waals surface area contributed by atoms with Gasteiger partial charge in [-0.1, -0.05) is 30.3 Å². The van der Waals surface area contributed by atoms with Gasteiger partial charge in [-0.2, -0.15) is 4.89 Å². The van der Waals surface area contributed by atoms with Gasteiger partial charge < -0.3 is 5.73 Å². The molecule has 0 aliphatic heterocycles. The van der Waals surface area contributed by atoms with E-state index in [0.717, 1.165) is 5.56 Å². The molecule has 2 N–H and O–H groups in total. The highest BCUT2D eigenvalue weighted by atomic mass is 17.2. The van der Waals surface area contributed by atoms with Gasteiger partial charge in [0.1, 0.15) is 6.04 Å². The van der Waals surface area contributed by atoms with E-state index in [1.54, 1.807) is 0 Å². The summed E-state index contributed by atoms with van der Waals surface area (Å²) >= 11 is 0. The van der Waals surface area contributed by atoms with Crippen LogP contribution in [0.4, 0.5) is 0 Å². The average Bonchev–Trinajstić information content (AvgIpc) is 2.19. The second kappa shape index (κ2) is 5.36. The van der Waals surface area contributed by atoms with E-state index in [4.69, 9.17) is 5.73 Å². The van der Waals surface area contributed by atoms with Crippen molar-refractivity contribution in [3.63, 3.8) is 0 Å². The fourth-order valence-electron chi connectivity index (χ4n) is 1.10. The highest BCUT2D eigenvalue weighted by Crippen LogP contribution is 2.02. The van der Waals surface area contributed by atoms with Crippen LogP contribution in [0.3, 0.4) is 0 Å². The van der Waals surface area contributed by atoms with Crippen LogP contribution in [-0.4, -0.2) is 19.1 Å². The van der Waals surface area contributed by atoms with Crippen LogP contribution in [-0.2, 0) is 21.0 Å². The van der Waals surface area contributed by atoms with Gasteiger partial charge >= 0.3 is 5.97 Å². The van der Waals surface area contributed by atoms with E-state index in [1.165, 1.54) is 7.11 Å². The van der Waals surface area contributed by atoms with Crippen molar-refractivity contribution in [3.8, 4) is 0 Å². The molecule has 4 heteroatoms. The Bertz CT molecular complexity index is 287. The summed E-state index contributed by atoms with van der Waals surface area (Å²) in [5.74, 6) is -0.559. The lowest BCUT2D eigenvalue weighted by molar-refractivity contribution is -0.256. The lowest BCUT2D eigenvalue weighted by atomic mass is 10.1. The molecule has 0 fully saturated rings. The Labute approximate surface area is 82.5 Å². The maximum Gasteiger partial charge on any atom is 0.359 e. The van der Waals surface area contributed by atoms with E-state index in [1.807, 2.05) is 30.3 Å². The summed E-state index contributed by atoms with van der Waals surface area (Å²) in [5, 5.41) is 0. The molecule has 4 nitrogen and oxygen atoms in total. The first kappa shape index (κ1) is 10.7. The Morgan fingerprint density at radius 1 is 1.43 bits per heavy atom. The minimum Gasteiger partial charge on any atom is -0.318 e. The molecule has 0 aliphatic carbocycles. The normalized spacial score (nSPS) is 12.1. The van der Waals surface area contributed by atoms with Gasteiger partial charge in [-0.05, 0) is 12.0 Å². The number of benzene rings is 1. The molecule has 14 heavy (non-hydrogen) atoms. The SMILES string of the molecule is COOC(=O)C(N)Cc1ccccc1. The average molecular weight is 195 g/mol. The molecule has 0 saturated carbocycles. The highest BCUT2D eigenvalue weighted by Gasteiger charge is 2.15. The van der Waals surface area contributed by atoms with Gasteiger partial charge in [0, 0.05) is 0 Å². The summed E-state index contributed by atoms with van der Waals surface area (Å²) in [4.78, 5) is 19.6. The monoisotopic (exact) mass is 195 g/mol. The van der Waals surface area contributed by atoms with Crippen molar-refractivity contribution in [2.75, 3.05) is 7.11 Å². The lowest BCUT2D eigenvalue weighted by Crippen LogP contribution is -2.34. The third-order valence-corrected chi connectivity index (χ3v) is 1.77. The van der Waals surface area contributed by atoms with E-state index >= 15 is 0 Å². The second-order valence-electron chi connectivity index (χ2n) is 2.87. The molecule has 1 rings (SSSR count). The number of hydrogen-bond donors (Lipinski definition) is 1. The number of carbonyl (C=O) groups excluding carboxylic acids is 1. The van der Waals surface area contributed by atoms with E-state index < -0.39 is 12.0 Å². The molecular weight excluding hydrogens is 182 g/mol. The van der Waals surface area contributed by atoms with Crippen LogP contribution >= 0.6 is 0 Å². The van der Waals surface area contributed by atoms with Crippen LogP contribution in [0.15, 0.2) is 30.3 Å². The van der Waals surface area contributed by atoms with Gasteiger partial charge in [0.15, 0.2) is 0 Å². The summed E-state index contributed by atoms with van der Waals surface area (Å²) in [6.07, 6.45) is 0.447. The predicted molar refractivity (Wildman–Crippen MR) is 51.2 cm³/mol. The summed E-state index contributed by atoms with van der Waals surface area (Å²) < 4.78 is 0. The number of hydrogen-bond acceptors (Lipinski definition) is 4. The Kier molecular flexibility index (Phi) is 4.10. The summed E-state index contributed by atoms with van der Waals surface area (Å²) in [7, 11) is 1.27. The summed E-state index contributed by atoms with van der Waals surface area (Å²) in [5.41, 5.74) is 6.57. The Morgan fingerprint density at radius 2 is 2.07 bits per heavy atom. The van der Waals surface area contributed by atoms with Crippen molar-refractivity contribution in [2.24, 2.45) is 5.73 Å².